The molecule has 1 nitrogen and oxygen atoms in total. The molecule has 1 saturated carbocycles. The monoisotopic (exact) mass is 241 g/mol. The third kappa shape index (κ3) is 4.26. The van der Waals surface area contributed by atoms with E-state index in [4.69, 9.17) is 0 Å². The maximum Gasteiger partial charge on any atom is 0.140 e. The van der Waals surface area contributed by atoms with Gasteiger partial charge in [0.05, 0.1) is 0 Å². The van der Waals surface area contributed by atoms with Gasteiger partial charge in [0, 0.05) is 17.7 Å². The van der Waals surface area contributed by atoms with Crippen molar-refractivity contribution >= 4 is 21.7 Å². The molecule has 71 valence electrons. The number of Topliss-reactive ketones (excluding diaryl/α,β-unsaturated/α-hetero) is 1. The molecule has 1 rings (SSSR count). The summed E-state index contributed by atoms with van der Waals surface area (Å²) in [5, 5.41) is 1.04. The Labute approximate surface area is 89.4 Å². The standard InChI is InChI=1S/C11H14BrO/c12-9-5-1-2-8-11(13)10-6-3-4-7-10/h3-4,6-7H,1-2,5,8-9H2. The number of carbonyl (C=O) groups excluding carboxylic acids is 1. The number of unbranched alkanes of at least 4 members (excludes halogenated alkanes) is 2. The molecule has 0 bridgehead atoms. The lowest BCUT2D eigenvalue weighted by Crippen LogP contribution is -2.08. The predicted molar refractivity (Wildman–Crippen MR) is 57.7 cm³/mol. The lowest BCUT2D eigenvalue weighted by atomic mass is 9.98. The van der Waals surface area contributed by atoms with Gasteiger partial charge in [-0.1, -0.05) is 22.4 Å². The summed E-state index contributed by atoms with van der Waals surface area (Å²) in [7, 11) is 0. The second kappa shape index (κ2) is 6.58. The lowest BCUT2D eigenvalue weighted by molar-refractivity contribution is -0.116. The van der Waals surface area contributed by atoms with Gasteiger partial charge in [0.2, 0.25) is 0 Å². The number of halogens is 1. The van der Waals surface area contributed by atoms with Crippen LogP contribution in [0.25, 0.3) is 0 Å². The van der Waals surface area contributed by atoms with Crippen LogP contribution < -0.4 is 0 Å². The summed E-state index contributed by atoms with van der Waals surface area (Å²) in [6.45, 7) is 0. The highest BCUT2D eigenvalue weighted by molar-refractivity contribution is 9.09. The Bertz CT molecular complexity index is 150. The van der Waals surface area contributed by atoms with Crippen LogP contribution in [0.1, 0.15) is 25.7 Å². The predicted octanol–water partition coefficient (Wildman–Crippen LogP) is 2.92. The zero-order chi connectivity index (χ0) is 9.52. The van der Waals surface area contributed by atoms with Gasteiger partial charge < -0.3 is 0 Å². The van der Waals surface area contributed by atoms with Crippen LogP contribution in [0.5, 0.6) is 0 Å². The Morgan fingerprint density at radius 2 is 1.85 bits per heavy atom. The summed E-state index contributed by atoms with van der Waals surface area (Å²) in [6, 6.07) is 0. The minimum Gasteiger partial charge on any atom is -0.299 e. The average molecular weight is 242 g/mol. The van der Waals surface area contributed by atoms with Gasteiger partial charge in [-0.15, -0.1) is 0 Å². The molecule has 0 amide bonds. The minimum absolute atomic E-state index is 0.277. The molecule has 1 aliphatic rings. The van der Waals surface area contributed by atoms with E-state index in [1.165, 1.54) is 0 Å². The normalized spacial score (nSPS) is 17.9. The molecule has 13 heavy (non-hydrogen) atoms. The first-order valence-electron chi connectivity index (χ1n) is 4.65. The number of alkyl halides is 1. The van der Waals surface area contributed by atoms with Crippen molar-refractivity contribution in [3.63, 3.8) is 0 Å². The maximum atomic E-state index is 11.5. The van der Waals surface area contributed by atoms with E-state index in [0.717, 1.165) is 30.5 Å². The van der Waals surface area contributed by atoms with Crippen molar-refractivity contribution < 1.29 is 4.79 Å². The van der Waals surface area contributed by atoms with Crippen LogP contribution >= 0.6 is 15.9 Å². The summed E-state index contributed by atoms with van der Waals surface area (Å²) in [6.07, 6.45) is 11.6. The number of ketones is 1. The molecule has 0 saturated heterocycles. The fourth-order valence-corrected chi connectivity index (χ4v) is 1.66. The van der Waals surface area contributed by atoms with E-state index < -0.39 is 0 Å². The quantitative estimate of drug-likeness (QED) is 0.517. The van der Waals surface area contributed by atoms with Gasteiger partial charge in [0.25, 0.3) is 0 Å². The third-order valence-corrected chi connectivity index (χ3v) is 2.58. The van der Waals surface area contributed by atoms with Crippen molar-refractivity contribution in [3.05, 3.63) is 31.6 Å². The molecular formula is C11H14BrO. The molecule has 0 spiro atoms. The van der Waals surface area contributed by atoms with Gasteiger partial charge in [0.15, 0.2) is 0 Å². The summed E-state index contributed by atoms with van der Waals surface area (Å²) in [5.74, 6) is 1.14. The van der Waals surface area contributed by atoms with Crippen LogP contribution in [-0.2, 0) is 4.79 Å². The largest absolute Gasteiger partial charge is 0.299 e. The molecule has 0 unspecified atom stereocenters. The van der Waals surface area contributed by atoms with E-state index in [2.05, 4.69) is 15.9 Å². The molecular weight excluding hydrogens is 228 g/mol. The molecule has 0 aliphatic heterocycles. The molecule has 1 aliphatic carbocycles. The molecule has 0 aromatic rings. The SMILES string of the molecule is O=C(CCCCCBr)[C]1[CH][CH][CH][CH]1. The first-order chi connectivity index (χ1) is 6.34. The topological polar surface area (TPSA) is 17.1 Å². The smallest absolute Gasteiger partial charge is 0.140 e. The van der Waals surface area contributed by atoms with Crippen molar-refractivity contribution in [3.8, 4) is 0 Å². The van der Waals surface area contributed by atoms with Crippen molar-refractivity contribution in [2.75, 3.05) is 5.33 Å². The van der Waals surface area contributed by atoms with Crippen molar-refractivity contribution in [2.45, 2.75) is 25.7 Å². The molecule has 1 fully saturated rings. The van der Waals surface area contributed by atoms with Gasteiger partial charge >= 0.3 is 0 Å². The Morgan fingerprint density at radius 1 is 1.15 bits per heavy atom. The minimum atomic E-state index is 0.277. The Balaban J connectivity index is 2.03. The highest BCUT2D eigenvalue weighted by atomic mass is 79.9. The zero-order valence-corrected chi connectivity index (χ0v) is 9.22. The Morgan fingerprint density at radius 3 is 2.46 bits per heavy atom. The van der Waals surface area contributed by atoms with E-state index in [9.17, 15) is 4.79 Å². The van der Waals surface area contributed by atoms with Crippen LogP contribution in [0.2, 0.25) is 0 Å². The van der Waals surface area contributed by atoms with E-state index in [1.54, 1.807) is 0 Å². The summed E-state index contributed by atoms with van der Waals surface area (Å²) >= 11 is 3.37. The Kier molecular flexibility index (Phi) is 5.68. The number of hydrogen-bond acceptors (Lipinski definition) is 1. The fraction of sp³-hybridized carbons (Fsp3) is 0.455. The van der Waals surface area contributed by atoms with Crippen LogP contribution in [0, 0.1) is 31.6 Å². The molecule has 0 heterocycles. The number of carbonyl (C=O) groups is 1. The first kappa shape index (κ1) is 11.2. The average Bonchev–Trinajstić information content (AvgIpc) is 2.65. The fourth-order valence-electron chi connectivity index (χ4n) is 1.26. The van der Waals surface area contributed by atoms with Crippen molar-refractivity contribution in [2.24, 2.45) is 0 Å². The summed E-state index contributed by atoms with van der Waals surface area (Å²) < 4.78 is 0. The van der Waals surface area contributed by atoms with Gasteiger partial charge in [-0.3, -0.25) is 4.79 Å². The third-order valence-electron chi connectivity index (χ3n) is 2.02. The van der Waals surface area contributed by atoms with E-state index >= 15 is 0 Å². The number of rotatable bonds is 6. The van der Waals surface area contributed by atoms with Crippen LogP contribution in [-0.4, -0.2) is 11.1 Å². The number of hydrogen-bond donors (Lipinski definition) is 0. The van der Waals surface area contributed by atoms with E-state index in [-0.39, 0.29) is 5.78 Å². The van der Waals surface area contributed by atoms with Gasteiger partial charge in [-0.2, -0.15) is 0 Å². The lowest BCUT2D eigenvalue weighted by Gasteiger charge is -2.05. The zero-order valence-electron chi connectivity index (χ0n) is 7.63. The molecule has 0 aromatic carbocycles. The van der Waals surface area contributed by atoms with Gasteiger partial charge in [-0.05, 0) is 38.5 Å². The maximum absolute atomic E-state index is 11.5. The highest BCUT2D eigenvalue weighted by Gasteiger charge is 2.23. The molecule has 0 atom stereocenters. The Hall–Kier alpha value is 0.150. The summed E-state index contributed by atoms with van der Waals surface area (Å²) in [5.41, 5.74) is 0. The van der Waals surface area contributed by atoms with E-state index in [0.29, 0.717) is 6.42 Å². The summed E-state index contributed by atoms with van der Waals surface area (Å²) in [4.78, 5) is 11.5. The second-order valence-corrected chi connectivity index (χ2v) is 3.89. The van der Waals surface area contributed by atoms with Gasteiger partial charge in [-0.25, -0.2) is 0 Å². The molecule has 0 aromatic heterocycles. The van der Waals surface area contributed by atoms with Crippen LogP contribution in [0.3, 0.4) is 0 Å². The first-order valence-corrected chi connectivity index (χ1v) is 5.77. The van der Waals surface area contributed by atoms with Crippen LogP contribution in [0.15, 0.2) is 0 Å². The van der Waals surface area contributed by atoms with Crippen molar-refractivity contribution in [1.82, 2.24) is 0 Å². The molecule has 2 heteroatoms. The molecule has 5 radical (unpaired) electrons. The second-order valence-electron chi connectivity index (χ2n) is 3.10. The van der Waals surface area contributed by atoms with Gasteiger partial charge in [0.1, 0.15) is 5.78 Å². The molecule has 0 N–H and O–H groups in total. The highest BCUT2D eigenvalue weighted by Crippen LogP contribution is 2.25. The van der Waals surface area contributed by atoms with Crippen LogP contribution in [0.4, 0.5) is 0 Å². The van der Waals surface area contributed by atoms with E-state index in [1.807, 2.05) is 25.7 Å². The van der Waals surface area contributed by atoms with Crippen molar-refractivity contribution in [1.29, 1.82) is 0 Å².